The zero-order chi connectivity index (χ0) is 11.4. The highest BCUT2D eigenvalue weighted by Gasteiger charge is 2.22. The van der Waals surface area contributed by atoms with Crippen molar-refractivity contribution in [2.75, 3.05) is 5.73 Å². The van der Waals surface area contributed by atoms with Crippen molar-refractivity contribution in [2.45, 2.75) is 45.1 Å². The van der Waals surface area contributed by atoms with Gasteiger partial charge in [-0.3, -0.25) is 0 Å². The van der Waals surface area contributed by atoms with Crippen LogP contribution in [0.2, 0.25) is 0 Å². The minimum atomic E-state index is 0.327. The Kier molecular flexibility index (Phi) is 3.65. The molecule has 2 unspecified atom stereocenters. The van der Waals surface area contributed by atoms with Crippen LogP contribution in [0.5, 0.6) is 5.88 Å². The van der Waals surface area contributed by atoms with Gasteiger partial charge >= 0.3 is 0 Å². The molecule has 1 aromatic rings. The zero-order valence-corrected chi connectivity index (χ0v) is 9.86. The molecule has 0 aromatic carbocycles. The van der Waals surface area contributed by atoms with Crippen LogP contribution in [0.15, 0.2) is 18.3 Å². The van der Waals surface area contributed by atoms with Crippen LogP contribution in [0.3, 0.4) is 0 Å². The van der Waals surface area contributed by atoms with Crippen LogP contribution in [0, 0.1) is 5.92 Å². The number of nitrogens with zero attached hydrogens (tertiary/aromatic N) is 1. The molecule has 1 heterocycles. The highest BCUT2D eigenvalue weighted by atomic mass is 16.5. The van der Waals surface area contributed by atoms with Crippen molar-refractivity contribution in [2.24, 2.45) is 5.92 Å². The summed E-state index contributed by atoms with van der Waals surface area (Å²) in [6, 6.07) is 3.58. The van der Waals surface area contributed by atoms with Crippen molar-refractivity contribution in [3.05, 3.63) is 18.3 Å². The first-order valence-electron chi connectivity index (χ1n) is 6.16. The molecule has 0 radical (unpaired) electrons. The summed E-state index contributed by atoms with van der Waals surface area (Å²) in [6.45, 7) is 2.26. The maximum absolute atomic E-state index is 5.88. The van der Waals surface area contributed by atoms with E-state index in [-0.39, 0.29) is 0 Å². The fourth-order valence-corrected chi connectivity index (χ4v) is 2.38. The number of hydrogen-bond donors (Lipinski definition) is 1. The molecule has 0 amide bonds. The quantitative estimate of drug-likeness (QED) is 0.851. The van der Waals surface area contributed by atoms with E-state index in [0.717, 1.165) is 18.8 Å². The smallest absolute Gasteiger partial charge is 0.215 e. The van der Waals surface area contributed by atoms with Crippen molar-refractivity contribution in [3.8, 4) is 5.88 Å². The van der Waals surface area contributed by atoms with E-state index in [2.05, 4.69) is 11.9 Å². The number of pyridine rings is 1. The van der Waals surface area contributed by atoms with Gasteiger partial charge in [0.2, 0.25) is 5.88 Å². The Balaban J connectivity index is 1.94. The van der Waals surface area contributed by atoms with Crippen molar-refractivity contribution in [1.29, 1.82) is 0 Å². The summed E-state index contributed by atoms with van der Waals surface area (Å²) < 4.78 is 5.88. The largest absolute Gasteiger partial charge is 0.474 e. The van der Waals surface area contributed by atoms with E-state index in [1.165, 1.54) is 19.3 Å². The van der Waals surface area contributed by atoms with E-state index in [0.29, 0.717) is 17.7 Å². The van der Waals surface area contributed by atoms with Gasteiger partial charge in [-0.15, -0.1) is 0 Å². The fourth-order valence-electron chi connectivity index (χ4n) is 2.38. The third kappa shape index (κ3) is 2.87. The van der Waals surface area contributed by atoms with Crippen molar-refractivity contribution >= 4 is 5.69 Å². The number of nitrogens with two attached hydrogens (primary N) is 1. The molecule has 1 saturated carbocycles. The van der Waals surface area contributed by atoms with Crippen LogP contribution in [-0.2, 0) is 0 Å². The van der Waals surface area contributed by atoms with Gasteiger partial charge in [-0.25, -0.2) is 4.98 Å². The molecule has 3 nitrogen and oxygen atoms in total. The van der Waals surface area contributed by atoms with Gasteiger partial charge in [-0.05, 0) is 31.2 Å². The first kappa shape index (κ1) is 11.2. The Hall–Kier alpha value is -1.25. The molecule has 2 rings (SSSR count). The number of rotatable bonds is 3. The van der Waals surface area contributed by atoms with Gasteiger partial charge in [-0.1, -0.05) is 19.8 Å². The minimum Gasteiger partial charge on any atom is -0.474 e. The first-order valence-corrected chi connectivity index (χ1v) is 6.16. The van der Waals surface area contributed by atoms with Crippen molar-refractivity contribution in [1.82, 2.24) is 4.98 Å². The van der Waals surface area contributed by atoms with Gasteiger partial charge in [-0.2, -0.15) is 0 Å². The molecular weight excluding hydrogens is 200 g/mol. The van der Waals surface area contributed by atoms with Gasteiger partial charge in [0, 0.05) is 18.0 Å². The molecule has 1 fully saturated rings. The van der Waals surface area contributed by atoms with Crippen molar-refractivity contribution < 1.29 is 4.74 Å². The molecule has 2 atom stereocenters. The lowest BCUT2D eigenvalue weighted by atomic mass is 9.85. The third-order valence-electron chi connectivity index (χ3n) is 3.36. The SMILES string of the molecule is CCC1CCCC(Oc2cc(N)ccn2)C1. The Bertz CT molecular complexity index is 340. The Morgan fingerprint density at radius 3 is 3.12 bits per heavy atom. The van der Waals surface area contributed by atoms with E-state index in [1.807, 2.05) is 0 Å². The second-order valence-electron chi connectivity index (χ2n) is 4.61. The van der Waals surface area contributed by atoms with E-state index in [4.69, 9.17) is 10.5 Å². The van der Waals surface area contributed by atoms with E-state index < -0.39 is 0 Å². The summed E-state index contributed by atoms with van der Waals surface area (Å²) in [5, 5.41) is 0. The number of ether oxygens (including phenoxy) is 1. The Labute approximate surface area is 97.0 Å². The molecule has 16 heavy (non-hydrogen) atoms. The summed E-state index contributed by atoms with van der Waals surface area (Å²) in [5.41, 5.74) is 6.41. The van der Waals surface area contributed by atoms with E-state index in [9.17, 15) is 0 Å². The molecule has 1 aliphatic carbocycles. The summed E-state index contributed by atoms with van der Waals surface area (Å²) in [6.07, 6.45) is 8.20. The maximum atomic E-state index is 5.88. The van der Waals surface area contributed by atoms with E-state index in [1.54, 1.807) is 18.3 Å². The number of hydrogen-bond acceptors (Lipinski definition) is 3. The first-order chi connectivity index (χ1) is 7.78. The molecule has 1 aromatic heterocycles. The average molecular weight is 220 g/mol. The normalized spacial score (nSPS) is 25.3. The second kappa shape index (κ2) is 5.19. The van der Waals surface area contributed by atoms with Gasteiger partial charge in [0.1, 0.15) is 6.10 Å². The van der Waals surface area contributed by atoms with Crippen LogP contribution >= 0.6 is 0 Å². The van der Waals surface area contributed by atoms with Gasteiger partial charge < -0.3 is 10.5 Å². The number of anilines is 1. The lowest BCUT2D eigenvalue weighted by molar-refractivity contribution is 0.117. The predicted octanol–water partition coefficient (Wildman–Crippen LogP) is 3.01. The van der Waals surface area contributed by atoms with Crippen molar-refractivity contribution in [3.63, 3.8) is 0 Å². The summed E-state index contributed by atoms with van der Waals surface area (Å²) in [5.74, 6) is 1.49. The van der Waals surface area contributed by atoms with Gasteiger partial charge in [0.15, 0.2) is 0 Å². The fraction of sp³-hybridized carbons (Fsp3) is 0.615. The molecule has 0 saturated heterocycles. The molecule has 0 spiro atoms. The molecule has 88 valence electrons. The molecule has 3 heteroatoms. The summed E-state index contributed by atoms with van der Waals surface area (Å²) in [4.78, 5) is 4.18. The summed E-state index contributed by atoms with van der Waals surface area (Å²) >= 11 is 0. The molecule has 0 aliphatic heterocycles. The van der Waals surface area contributed by atoms with Crippen LogP contribution in [0.1, 0.15) is 39.0 Å². The zero-order valence-electron chi connectivity index (χ0n) is 9.86. The standard InChI is InChI=1S/C13H20N2O/c1-2-10-4-3-5-12(8-10)16-13-9-11(14)6-7-15-13/h6-7,9-10,12H,2-5,8H2,1H3,(H2,14,15). The van der Waals surface area contributed by atoms with Gasteiger partial charge in [0.05, 0.1) is 0 Å². The molecule has 0 bridgehead atoms. The molecule has 1 aliphatic rings. The minimum absolute atomic E-state index is 0.327. The summed E-state index contributed by atoms with van der Waals surface area (Å²) in [7, 11) is 0. The van der Waals surface area contributed by atoms with Crippen LogP contribution < -0.4 is 10.5 Å². The Morgan fingerprint density at radius 1 is 1.50 bits per heavy atom. The monoisotopic (exact) mass is 220 g/mol. The van der Waals surface area contributed by atoms with Crippen LogP contribution in [0.25, 0.3) is 0 Å². The third-order valence-corrected chi connectivity index (χ3v) is 3.36. The highest BCUT2D eigenvalue weighted by Crippen LogP contribution is 2.29. The topological polar surface area (TPSA) is 48.1 Å². The maximum Gasteiger partial charge on any atom is 0.215 e. The van der Waals surface area contributed by atoms with Crippen LogP contribution in [-0.4, -0.2) is 11.1 Å². The molecular formula is C13H20N2O. The van der Waals surface area contributed by atoms with E-state index >= 15 is 0 Å². The number of aromatic nitrogens is 1. The second-order valence-corrected chi connectivity index (χ2v) is 4.61. The van der Waals surface area contributed by atoms with Crippen LogP contribution in [0.4, 0.5) is 5.69 Å². The number of nitrogen functional groups attached to an aromatic ring is 1. The molecule has 2 N–H and O–H groups in total. The predicted molar refractivity (Wildman–Crippen MR) is 65.3 cm³/mol. The Morgan fingerprint density at radius 2 is 2.38 bits per heavy atom. The lowest BCUT2D eigenvalue weighted by Crippen LogP contribution is -2.25. The van der Waals surface area contributed by atoms with Gasteiger partial charge in [0.25, 0.3) is 0 Å². The highest BCUT2D eigenvalue weighted by molar-refractivity contribution is 5.39. The lowest BCUT2D eigenvalue weighted by Gasteiger charge is -2.28. The average Bonchev–Trinajstić information content (AvgIpc) is 2.29.